The normalized spacial score (nSPS) is 17.6. The first-order valence-corrected chi connectivity index (χ1v) is 20.4. The number of amides is 1. The predicted molar refractivity (Wildman–Crippen MR) is 213 cm³/mol. The van der Waals surface area contributed by atoms with Gasteiger partial charge in [0.1, 0.15) is 5.82 Å². The number of nitrogens with zero attached hydrogens (tertiary/aromatic N) is 5. The molecule has 2 saturated heterocycles. The van der Waals surface area contributed by atoms with Crippen molar-refractivity contribution in [3.05, 3.63) is 108 Å². The molecule has 0 saturated carbocycles. The summed E-state index contributed by atoms with van der Waals surface area (Å²) in [5.41, 5.74) is 4.28. The fraction of sp³-hybridized carbons (Fsp3) is 0.390. The Labute approximate surface area is 327 Å². The summed E-state index contributed by atoms with van der Waals surface area (Å²) in [6, 6.07) is 24.7. The highest BCUT2D eigenvalue weighted by molar-refractivity contribution is 7.85. The Bertz CT molecular complexity index is 2180. The highest BCUT2D eigenvalue weighted by Crippen LogP contribution is 2.42. The number of methoxy groups -OCH3 is 3. The van der Waals surface area contributed by atoms with Crippen LogP contribution in [-0.4, -0.2) is 110 Å². The van der Waals surface area contributed by atoms with Crippen molar-refractivity contribution in [1.82, 2.24) is 24.3 Å². The van der Waals surface area contributed by atoms with Crippen LogP contribution in [0.15, 0.2) is 85.1 Å². The van der Waals surface area contributed by atoms with Crippen LogP contribution in [0, 0.1) is 5.82 Å². The molecule has 2 aliphatic rings. The first-order chi connectivity index (χ1) is 26.9. The fourth-order valence-corrected chi connectivity index (χ4v) is 7.68. The molecule has 0 spiro atoms. The molecule has 2 aliphatic heterocycles. The molecule has 15 heteroatoms. The Kier molecular flexibility index (Phi) is 12.8. The van der Waals surface area contributed by atoms with Gasteiger partial charge in [-0.15, -0.1) is 0 Å². The number of pyridine rings is 1. The molecule has 56 heavy (non-hydrogen) atoms. The number of fused-ring (bicyclic) bond motifs is 1. The summed E-state index contributed by atoms with van der Waals surface area (Å²) >= 11 is 0. The van der Waals surface area contributed by atoms with E-state index in [1.165, 1.54) is 12.1 Å². The molecular formula is C41H49FN6O7S. The lowest BCUT2D eigenvalue weighted by Gasteiger charge is -2.36. The highest BCUT2D eigenvalue weighted by Gasteiger charge is 2.42. The first kappa shape index (κ1) is 40.4. The van der Waals surface area contributed by atoms with Gasteiger partial charge in [-0.25, -0.2) is 9.37 Å². The number of para-hydroxylation sites is 2. The molecule has 1 amide bonds. The molecule has 0 aliphatic carbocycles. The number of aromatic nitrogens is 3. The van der Waals surface area contributed by atoms with Crippen molar-refractivity contribution in [1.29, 1.82) is 0 Å². The summed E-state index contributed by atoms with van der Waals surface area (Å²) < 4.78 is 58.7. The minimum Gasteiger partial charge on any atom is -0.493 e. The van der Waals surface area contributed by atoms with E-state index in [0.29, 0.717) is 54.7 Å². The number of likely N-dealkylation sites (tertiary alicyclic amines) is 2. The molecule has 4 heterocycles. The van der Waals surface area contributed by atoms with Gasteiger partial charge in [-0.1, -0.05) is 30.3 Å². The zero-order valence-electron chi connectivity index (χ0n) is 32.2. The Balaban J connectivity index is 0.00000100. The number of piperidine rings is 1. The molecule has 13 nitrogen and oxygen atoms in total. The van der Waals surface area contributed by atoms with Gasteiger partial charge >= 0.3 is 0 Å². The highest BCUT2D eigenvalue weighted by atomic mass is 32.2. The van der Waals surface area contributed by atoms with Crippen molar-refractivity contribution < 1.29 is 36.4 Å². The van der Waals surface area contributed by atoms with Crippen molar-refractivity contribution in [3.8, 4) is 17.2 Å². The number of hydrogen-bond donors (Lipinski definition) is 2. The number of hydrogen-bond acceptors (Lipinski definition) is 10. The third kappa shape index (κ3) is 9.75. The number of rotatable bonds is 12. The van der Waals surface area contributed by atoms with Gasteiger partial charge in [0.2, 0.25) is 11.7 Å². The van der Waals surface area contributed by atoms with Gasteiger partial charge in [0.05, 0.1) is 50.9 Å². The van der Waals surface area contributed by atoms with Crippen LogP contribution in [0.1, 0.15) is 47.3 Å². The minimum atomic E-state index is -3.67. The van der Waals surface area contributed by atoms with Gasteiger partial charge in [0.15, 0.2) is 11.5 Å². The standard InChI is InChI=1S/C40H45FN6O4.CH4O3S/c1-49-35-24-28(25-36(50-2)37(35)51-3)38(48)46-23-18-40(27-46,29-11-13-30(41)14-12-29)17-22-45-20-15-31(16-21-45)43-39-44-33-9-4-5-10-34(33)47(39)26-32-8-6-7-19-42-32;1-5(2,3)4/h4-14,19,24-25,31H,15-18,20-23,26-27H2,1-3H3,(H,43,44);1H3,(H,2,3,4). The number of carbonyl (C=O) groups excluding carboxylic acids is 1. The maximum atomic E-state index is 14.1. The van der Waals surface area contributed by atoms with E-state index in [9.17, 15) is 17.6 Å². The summed E-state index contributed by atoms with van der Waals surface area (Å²) in [6.07, 6.45) is 6.17. The van der Waals surface area contributed by atoms with E-state index < -0.39 is 10.1 Å². The van der Waals surface area contributed by atoms with E-state index in [1.807, 2.05) is 53.6 Å². The van der Waals surface area contributed by atoms with Crippen LogP contribution in [-0.2, 0) is 22.1 Å². The third-order valence-electron chi connectivity index (χ3n) is 10.5. The quantitative estimate of drug-likeness (QED) is 0.146. The second-order valence-corrected chi connectivity index (χ2v) is 15.7. The maximum Gasteiger partial charge on any atom is 0.261 e. The van der Waals surface area contributed by atoms with E-state index >= 15 is 0 Å². The average Bonchev–Trinajstić information content (AvgIpc) is 3.79. The van der Waals surface area contributed by atoms with Crippen molar-refractivity contribution in [3.63, 3.8) is 0 Å². The zero-order chi connectivity index (χ0) is 39.9. The molecule has 2 aromatic heterocycles. The summed E-state index contributed by atoms with van der Waals surface area (Å²) in [6.45, 7) is 4.57. The number of halogens is 1. The van der Waals surface area contributed by atoms with Crippen LogP contribution in [0.5, 0.6) is 17.2 Å². The minimum absolute atomic E-state index is 0.0980. The summed E-state index contributed by atoms with van der Waals surface area (Å²) in [5, 5.41) is 3.76. The number of carbonyl (C=O) groups is 1. The fourth-order valence-electron chi connectivity index (χ4n) is 7.68. The summed E-state index contributed by atoms with van der Waals surface area (Å²) in [5.74, 6) is 1.83. The molecule has 2 fully saturated rings. The smallest absolute Gasteiger partial charge is 0.261 e. The largest absolute Gasteiger partial charge is 0.493 e. The Morgan fingerprint density at radius 2 is 1.61 bits per heavy atom. The number of ether oxygens (including phenoxy) is 3. The Morgan fingerprint density at radius 3 is 2.23 bits per heavy atom. The van der Waals surface area contributed by atoms with Crippen molar-refractivity contribution in [2.24, 2.45) is 0 Å². The Hall–Kier alpha value is -5.25. The molecule has 1 atom stereocenters. The van der Waals surface area contributed by atoms with Crippen LogP contribution in [0.2, 0.25) is 0 Å². The molecule has 0 bridgehead atoms. The molecule has 7 rings (SSSR count). The lowest BCUT2D eigenvalue weighted by molar-refractivity contribution is 0.0779. The SMILES string of the molecule is COc1cc(C(=O)N2CCC(CCN3CCC(Nc4nc5ccccc5n4Cc4ccccn4)CC3)(c3ccc(F)cc3)C2)cc(OC)c1OC.CS(=O)(=O)O. The topological polar surface area (TPSA) is 148 Å². The molecule has 298 valence electrons. The second kappa shape index (κ2) is 17.7. The van der Waals surface area contributed by atoms with Gasteiger partial charge < -0.3 is 33.9 Å². The van der Waals surface area contributed by atoms with Crippen LogP contribution in [0.25, 0.3) is 11.0 Å². The van der Waals surface area contributed by atoms with Gasteiger partial charge in [0, 0.05) is 49.4 Å². The molecule has 3 aromatic carbocycles. The van der Waals surface area contributed by atoms with Crippen LogP contribution in [0.4, 0.5) is 10.3 Å². The number of benzene rings is 3. The van der Waals surface area contributed by atoms with E-state index in [2.05, 4.69) is 31.9 Å². The molecular weight excluding hydrogens is 740 g/mol. The molecule has 1 unspecified atom stereocenters. The van der Waals surface area contributed by atoms with E-state index in [4.69, 9.17) is 23.7 Å². The monoisotopic (exact) mass is 788 g/mol. The van der Waals surface area contributed by atoms with Crippen molar-refractivity contribution in [2.75, 3.05) is 65.6 Å². The lowest BCUT2D eigenvalue weighted by Crippen LogP contribution is -2.42. The molecule has 2 N–H and O–H groups in total. The van der Waals surface area contributed by atoms with Crippen LogP contribution >= 0.6 is 0 Å². The first-order valence-electron chi connectivity index (χ1n) is 18.5. The van der Waals surface area contributed by atoms with Gasteiger partial charge in [-0.2, -0.15) is 8.42 Å². The maximum absolute atomic E-state index is 14.1. The lowest BCUT2D eigenvalue weighted by atomic mass is 9.76. The average molecular weight is 789 g/mol. The number of nitrogens with one attached hydrogen (secondary N) is 1. The van der Waals surface area contributed by atoms with E-state index in [-0.39, 0.29) is 17.1 Å². The van der Waals surface area contributed by atoms with E-state index in [0.717, 1.165) is 73.6 Å². The van der Waals surface area contributed by atoms with Crippen LogP contribution in [0.3, 0.4) is 0 Å². The van der Waals surface area contributed by atoms with Crippen LogP contribution < -0.4 is 19.5 Å². The third-order valence-corrected chi connectivity index (χ3v) is 10.5. The van der Waals surface area contributed by atoms with Gasteiger partial charge in [0.25, 0.3) is 16.0 Å². The zero-order valence-corrected chi connectivity index (χ0v) is 33.0. The van der Waals surface area contributed by atoms with E-state index in [1.54, 1.807) is 33.5 Å². The molecule has 0 radical (unpaired) electrons. The van der Waals surface area contributed by atoms with Gasteiger partial charge in [-0.05, 0) is 86.3 Å². The predicted octanol–water partition coefficient (Wildman–Crippen LogP) is 5.90. The van der Waals surface area contributed by atoms with Gasteiger partial charge in [-0.3, -0.25) is 14.3 Å². The van der Waals surface area contributed by atoms with Crippen molar-refractivity contribution in [2.45, 2.75) is 43.7 Å². The summed E-state index contributed by atoms with van der Waals surface area (Å²) in [4.78, 5) is 27.9. The number of imidazole rings is 1. The van der Waals surface area contributed by atoms with Crippen molar-refractivity contribution >= 4 is 33.0 Å². The Morgan fingerprint density at radius 1 is 0.946 bits per heavy atom. The summed E-state index contributed by atoms with van der Waals surface area (Å²) in [7, 11) is 0.959. The second-order valence-electron chi connectivity index (χ2n) is 14.3. The molecule has 5 aromatic rings. The number of anilines is 1.